The summed E-state index contributed by atoms with van der Waals surface area (Å²) in [6.45, 7) is 6.52. The summed E-state index contributed by atoms with van der Waals surface area (Å²) in [4.78, 5) is 2.21. The van der Waals surface area contributed by atoms with Gasteiger partial charge in [0, 0.05) is 18.8 Å². The second-order valence-corrected chi connectivity index (χ2v) is 4.69. The van der Waals surface area contributed by atoms with Crippen LogP contribution in [0.1, 0.15) is 26.3 Å². The zero-order valence-corrected chi connectivity index (χ0v) is 9.70. The summed E-state index contributed by atoms with van der Waals surface area (Å²) in [6, 6.07) is 5.51. The summed E-state index contributed by atoms with van der Waals surface area (Å²) < 4.78 is 0. The molecular weight excluding hydrogens is 186 g/mol. The lowest BCUT2D eigenvalue weighted by Crippen LogP contribution is -2.44. The van der Waals surface area contributed by atoms with Crippen LogP contribution >= 0.6 is 0 Å². The average Bonchev–Trinajstić information content (AvgIpc) is 2.17. The third-order valence-electron chi connectivity index (χ3n) is 3.55. The second-order valence-electron chi connectivity index (χ2n) is 4.69. The van der Waals surface area contributed by atoms with Crippen LogP contribution in [0.15, 0.2) is 23.8 Å². The molecular formula is C13H17NO. The van der Waals surface area contributed by atoms with Crippen LogP contribution in [-0.4, -0.2) is 17.7 Å². The summed E-state index contributed by atoms with van der Waals surface area (Å²) in [5, 5.41) is 9.49. The Balaban J connectivity index is 2.63. The zero-order valence-electron chi connectivity index (χ0n) is 9.70. The minimum absolute atomic E-state index is 0.0147. The topological polar surface area (TPSA) is 23.5 Å². The number of fused-ring (bicyclic) bond motifs is 1. The molecule has 0 bridgehead atoms. The molecule has 1 aromatic carbocycles. The third kappa shape index (κ3) is 1.41. The fourth-order valence-electron chi connectivity index (χ4n) is 1.92. The Labute approximate surface area is 90.8 Å². The highest BCUT2D eigenvalue weighted by molar-refractivity contribution is 5.76. The Morgan fingerprint density at radius 1 is 1.27 bits per heavy atom. The van der Waals surface area contributed by atoms with Gasteiger partial charge in [0.15, 0.2) is 0 Å². The Morgan fingerprint density at radius 3 is 2.60 bits per heavy atom. The van der Waals surface area contributed by atoms with E-state index in [0.29, 0.717) is 5.75 Å². The number of anilines is 1. The number of hydrogen-bond donors (Lipinski definition) is 1. The van der Waals surface area contributed by atoms with Gasteiger partial charge < -0.3 is 10.0 Å². The van der Waals surface area contributed by atoms with E-state index < -0.39 is 0 Å². The molecule has 1 aromatic rings. The van der Waals surface area contributed by atoms with E-state index in [9.17, 15) is 5.11 Å². The molecule has 1 N–H and O–H groups in total. The van der Waals surface area contributed by atoms with E-state index in [-0.39, 0.29) is 5.54 Å². The molecule has 1 aliphatic heterocycles. The summed E-state index contributed by atoms with van der Waals surface area (Å²) in [5.74, 6) is 0.323. The first-order valence-electron chi connectivity index (χ1n) is 5.18. The highest BCUT2D eigenvalue weighted by atomic mass is 16.3. The van der Waals surface area contributed by atoms with Gasteiger partial charge in [-0.1, -0.05) is 6.08 Å². The molecule has 0 saturated heterocycles. The molecule has 0 aromatic heterocycles. The molecule has 1 heterocycles. The number of hydrogen-bond acceptors (Lipinski definition) is 2. The number of likely N-dealkylation sites (N-methyl/N-ethyl adjacent to an activating group) is 1. The molecule has 0 saturated carbocycles. The smallest absolute Gasteiger partial charge is 0.117 e. The summed E-state index contributed by atoms with van der Waals surface area (Å²) in [6.07, 6.45) is 2.19. The monoisotopic (exact) mass is 203 g/mol. The number of nitrogens with zero attached hydrogens (tertiary/aromatic N) is 1. The van der Waals surface area contributed by atoms with Gasteiger partial charge in [0.05, 0.1) is 5.54 Å². The van der Waals surface area contributed by atoms with E-state index in [1.807, 2.05) is 12.1 Å². The molecule has 2 rings (SSSR count). The van der Waals surface area contributed by atoms with Crippen molar-refractivity contribution in [2.75, 3.05) is 11.9 Å². The first-order chi connectivity index (χ1) is 6.93. The van der Waals surface area contributed by atoms with Gasteiger partial charge in [0.2, 0.25) is 0 Å². The molecule has 0 unspecified atom stereocenters. The minimum atomic E-state index is 0.0147. The van der Waals surface area contributed by atoms with Gasteiger partial charge in [0.1, 0.15) is 5.75 Å². The SMILES string of the molecule is CC1=Cc2ccc(O)cc2N(C)C1(C)C. The molecule has 0 radical (unpaired) electrons. The maximum atomic E-state index is 9.49. The predicted octanol–water partition coefficient (Wildman–Crippen LogP) is 3.02. The van der Waals surface area contributed by atoms with Crippen molar-refractivity contribution in [2.24, 2.45) is 0 Å². The molecule has 1 aliphatic rings. The van der Waals surface area contributed by atoms with Crippen LogP contribution in [0.25, 0.3) is 6.08 Å². The number of benzene rings is 1. The number of rotatable bonds is 0. The number of aromatic hydroxyl groups is 1. The number of phenolic OH excluding ortho intramolecular Hbond substituents is 1. The van der Waals surface area contributed by atoms with Crippen molar-refractivity contribution in [1.82, 2.24) is 0 Å². The molecule has 0 aliphatic carbocycles. The predicted molar refractivity (Wildman–Crippen MR) is 64.2 cm³/mol. The fraction of sp³-hybridized carbons (Fsp3) is 0.385. The van der Waals surface area contributed by atoms with Crippen LogP contribution in [0.5, 0.6) is 5.75 Å². The Bertz CT molecular complexity index is 432. The standard InChI is InChI=1S/C13H17NO/c1-9-7-10-5-6-11(15)8-12(10)14(4)13(9,2)3/h5-8,15H,1-4H3. The van der Waals surface area contributed by atoms with Crippen molar-refractivity contribution >= 4 is 11.8 Å². The number of phenols is 1. The normalized spacial score (nSPS) is 18.4. The van der Waals surface area contributed by atoms with Gasteiger partial charge in [-0.3, -0.25) is 0 Å². The van der Waals surface area contributed by atoms with Crippen LogP contribution in [0.4, 0.5) is 5.69 Å². The van der Waals surface area contributed by atoms with Crippen LogP contribution < -0.4 is 4.90 Å². The lowest BCUT2D eigenvalue weighted by atomic mass is 9.87. The zero-order chi connectivity index (χ0) is 11.2. The van der Waals surface area contributed by atoms with E-state index in [0.717, 1.165) is 5.69 Å². The molecule has 0 atom stereocenters. The molecule has 0 fully saturated rings. The largest absolute Gasteiger partial charge is 0.508 e. The van der Waals surface area contributed by atoms with Crippen molar-refractivity contribution in [3.63, 3.8) is 0 Å². The lowest BCUT2D eigenvalue weighted by molar-refractivity contribution is 0.474. The van der Waals surface area contributed by atoms with Gasteiger partial charge in [0.25, 0.3) is 0 Å². The van der Waals surface area contributed by atoms with Crippen molar-refractivity contribution < 1.29 is 5.11 Å². The van der Waals surface area contributed by atoms with Gasteiger partial charge in [-0.15, -0.1) is 0 Å². The molecule has 2 heteroatoms. The first-order valence-corrected chi connectivity index (χ1v) is 5.18. The Hall–Kier alpha value is -1.44. The van der Waals surface area contributed by atoms with Gasteiger partial charge in [-0.2, -0.15) is 0 Å². The van der Waals surface area contributed by atoms with Crippen molar-refractivity contribution in [3.8, 4) is 5.75 Å². The van der Waals surface area contributed by atoms with Gasteiger partial charge in [-0.25, -0.2) is 0 Å². The molecule has 15 heavy (non-hydrogen) atoms. The molecule has 80 valence electrons. The third-order valence-corrected chi connectivity index (χ3v) is 3.55. The molecule has 2 nitrogen and oxygen atoms in total. The lowest BCUT2D eigenvalue weighted by Gasteiger charge is -2.42. The van der Waals surface area contributed by atoms with E-state index in [1.165, 1.54) is 11.1 Å². The highest BCUT2D eigenvalue weighted by Crippen LogP contribution is 2.38. The first kappa shape index (κ1) is 10.1. The fourth-order valence-corrected chi connectivity index (χ4v) is 1.92. The van der Waals surface area contributed by atoms with Crippen LogP contribution in [0, 0.1) is 0 Å². The Morgan fingerprint density at radius 2 is 1.93 bits per heavy atom. The Kier molecular flexibility index (Phi) is 2.03. The van der Waals surface area contributed by atoms with Gasteiger partial charge in [-0.05, 0) is 44.0 Å². The van der Waals surface area contributed by atoms with E-state index >= 15 is 0 Å². The summed E-state index contributed by atoms with van der Waals surface area (Å²) >= 11 is 0. The summed E-state index contributed by atoms with van der Waals surface area (Å²) in [5.41, 5.74) is 3.61. The maximum Gasteiger partial charge on any atom is 0.117 e. The molecule has 0 amide bonds. The summed E-state index contributed by atoms with van der Waals surface area (Å²) in [7, 11) is 2.06. The van der Waals surface area contributed by atoms with Gasteiger partial charge >= 0.3 is 0 Å². The van der Waals surface area contributed by atoms with E-state index in [1.54, 1.807) is 6.07 Å². The minimum Gasteiger partial charge on any atom is -0.508 e. The quantitative estimate of drug-likeness (QED) is 0.700. The van der Waals surface area contributed by atoms with E-state index in [2.05, 4.69) is 38.8 Å². The van der Waals surface area contributed by atoms with Crippen molar-refractivity contribution in [2.45, 2.75) is 26.3 Å². The second kappa shape index (κ2) is 3.02. The molecule has 0 spiro atoms. The van der Waals surface area contributed by atoms with E-state index in [4.69, 9.17) is 0 Å². The van der Waals surface area contributed by atoms with Crippen LogP contribution in [-0.2, 0) is 0 Å². The highest BCUT2D eigenvalue weighted by Gasteiger charge is 2.30. The van der Waals surface area contributed by atoms with Crippen LogP contribution in [0.2, 0.25) is 0 Å². The average molecular weight is 203 g/mol. The van der Waals surface area contributed by atoms with Crippen LogP contribution in [0.3, 0.4) is 0 Å². The maximum absolute atomic E-state index is 9.49. The van der Waals surface area contributed by atoms with Crippen molar-refractivity contribution in [1.29, 1.82) is 0 Å². The van der Waals surface area contributed by atoms with Crippen molar-refractivity contribution in [3.05, 3.63) is 29.3 Å².